The Morgan fingerprint density at radius 3 is 2.40 bits per heavy atom. The minimum absolute atomic E-state index is 0.0492. The monoisotopic (exact) mass is 226 g/mol. The molecule has 0 spiro atoms. The molecule has 4 heteroatoms. The van der Waals surface area contributed by atoms with Crippen LogP contribution >= 0.6 is 0 Å². The molecule has 1 N–H and O–H groups in total. The van der Waals surface area contributed by atoms with Gasteiger partial charge >= 0.3 is 0 Å². The summed E-state index contributed by atoms with van der Waals surface area (Å²) >= 11 is 0. The van der Waals surface area contributed by atoms with Gasteiger partial charge in [-0.15, -0.1) is 0 Å². The zero-order chi connectivity index (χ0) is 11.3. The fourth-order valence-corrected chi connectivity index (χ4v) is 2.31. The van der Waals surface area contributed by atoms with E-state index in [0.717, 1.165) is 5.56 Å². The van der Waals surface area contributed by atoms with E-state index in [1.165, 1.54) is 5.88 Å². The van der Waals surface area contributed by atoms with Crippen molar-refractivity contribution in [3.63, 3.8) is 0 Å². The normalized spacial score (nSPS) is 11.9. The summed E-state index contributed by atoms with van der Waals surface area (Å²) < 4.78 is 23.2. The van der Waals surface area contributed by atoms with Crippen LogP contribution in [0.2, 0.25) is 0 Å². The van der Waals surface area contributed by atoms with Gasteiger partial charge in [-0.1, -0.05) is 30.3 Å². The second-order valence-corrected chi connectivity index (χ2v) is 5.58. The first-order valence-corrected chi connectivity index (χ1v) is 6.57. The fourth-order valence-electron chi connectivity index (χ4n) is 1.09. The summed E-state index contributed by atoms with van der Waals surface area (Å²) in [6.07, 6.45) is 0. The molecule has 0 saturated carbocycles. The third-order valence-electron chi connectivity index (χ3n) is 1.79. The van der Waals surface area contributed by atoms with Gasteiger partial charge in [-0.2, -0.15) is 0 Å². The van der Waals surface area contributed by atoms with E-state index in [-0.39, 0.29) is 11.8 Å². The Balaban J connectivity index is 2.57. The third kappa shape index (κ3) is 4.95. The molecule has 0 fully saturated rings. The lowest BCUT2D eigenvalue weighted by atomic mass is 10.2. The topological polar surface area (TPSA) is 46.2 Å². The van der Waals surface area contributed by atoms with Crippen molar-refractivity contribution in [3.05, 3.63) is 41.8 Å². The zero-order valence-electron chi connectivity index (χ0n) is 8.97. The molecule has 0 aliphatic heterocycles. The number of rotatable bonds is 5. The molecule has 0 amide bonds. The summed E-state index contributed by atoms with van der Waals surface area (Å²) in [4.78, 5) is 0. The molecule has 3 nitrogen and oxygen atoms in total. The van der Waals surface area contributed by atoms with Gasteiger partial charge in [0.05, 0.1) is 5.75 Å². The lowest BCUT2D eigenvalue weighted by Crippen LogP contribution is -2.24. The van der Waals surface area contributed by atoms with Crippen LogP contribution in [0.25, 0.3) is 0 Å². The van der Waals surface area contributed by atoms with E-state index in [2.05, 4.69) is 5.32 Å². The molecule has 0 atom stereocenters. The Labute approximate surface area is 91.4 Å². The van der Waals surface area contributed by atoms with Crippen LogP contribution in [-0.2, 0) is 15.6 Å². The standard InChI is InChI=1S/C11H16NO2S/c1-10(2)12-9-15(13,14)8-11-6-4-3-5-7-11/h3-7,9-10,12H,8H2,1-2H3. The van der Waals surface area contributed by atoms with E-state index in [0.29, 0.717) is 0 Å². The van der Waals surface area contributed by atoms with Crippen molar-refractivity contribution in [2.75, 3.05) is 0 Å². The third-order valence-corrected chi connectivity index (χ3v) is 3.02. The lowest BCUT2D eigenvalue weighted by Gasteiger charge is -2.08. The molecule has 0 heterocycles. The van der Waals surface area contributed by atoms with Gasteiger partial charge in [-0.05, 0) is 19.4 Å². The molecule has 0 unspecified atom stereocenters. The van der Waals surface area contributed by atoms with Crippen molar-refractivity contribution >= 4 is 9.84 Å². The van der Waals surface area contributed by atoms with Crippen molar-refractivity contribution < 1.29 is 8.42 Å². The molecule has 1 aromatic rings. The van der Waals surface area contributed by atoms with Gasteiger partial charge in [-0.25, -0.2) is 8.42 Å². The second kappa shape index (κ2) is 5.28. The molecule has 1 aromatic carbocycles. The molecule has 83 valence electrons. The minimum Gasteiger partial charge on any atom is -0.297 e. The van der Waals surface area contributed by atoms with Gasteiger partial charge in [-0.3, -0.25) is 5.32 Å². The van der Waals surface area contributed by atoms with E-state index < -0.39 is 9.84 Å². The summed E-state index contributed by atoms with van der Waals surface area (Å²) in [5.74, 6) is 1.23. The van der Waals surface area contributed by atoms with Gasteiger partial charge < -0.3 is 0 Å². The van der Waals surface area contributed by atoms with Crippen LogP contribution < -0.4 is 5.32 Å². The maximum Gasteiger partial charge on any atom is 0.172 e. The van der Waals surface area contributed by atoms with E-state index in [1.54, 1.807) is 12.1 Å². The molecular formula is C11H16NO2S. The predicted octanol–water partition coefficient (Wildman–Crippen LogP) is 1.72. The Morgan fingerprint density at radius 2 is 1.87 bits per heavy atom. The fraction of sp³-hybridized carbons (Fsp3) is 0.364. The number of hydrogen-bond donors (Lipinski definition) is 1. The number of nitrogens with one attached hydrogen (secondary N) is 1. The van der Waals surface area contributed by atoms with Crippen LogP contribution in [0.15, 0.2) is 30.3 Å². The molecule has 0 bridgehead atoms. The largest absolute Gasteiger partial charge is 0.297 e. The molecular weight excluding hydrogens is 210 g/mol. The summed E-state index contributed by atoms with van der Waals surface area (Å²) in [6.45, 7) is 3.79. The highest BCUT2D eigenvalue weighted by Crippen LogP contribution is 2.07. The Hall–Kier alpha value is -0.870. The highest BCUT2D eigenvalue weighted by atomic mass is 32.2. The quantitative estimate of drug-likeness (QED) is 0.831. The van der Waals surface area contributed by atoms with Crippen LogP contribution in [0, 0.1) is 5.88 Å². The van der Waals surface area contributed by atoms with Crippen LogP contribution in [0.5, 0.6) is 0 Å². The molecule has 1 rings (SSSR count). The summed E-state index contributed by atoms with van der Waals surface area (Å²) in [7, 11) is -3.17. The van der Waals surface area contributed by atoms with E-state index in [9.17, 15) is 8.42 Å². The highest BCUT2D eigenvalue weighted by Gasteiger charge is 2.12. The SMILES string of the molecule is CC(C)N[CH]S(=O)(=O)Cc1ccccc1. The van der Waals surface area contributed by atoms with Crippen LogP contribution in [0.4, 0.5) is 0 Å². The van der Waals surface area contributed by atoms with Crippen LogP contribution in [0.1, 0.15) is 19.4 Å². The van der Waals surface area contributed by atoms with Crippen molar-refractivity contribution in [2.24, 2.45) is 0 Å². The summed E-state index contributed by atoms with van der Waals surface area (Å²) in [5.41, 5.74) is 0.805. The van der Waals surface area contributed by atoms with Crippen LogP contribution in [-0.4, -0.2) is 14.5 Å². The maximum atomic E-state index is 11.6. The maximum absolute atomic E-state index is 11.6. The van der Waals surface area contributed by atoms with Gasteiger partial charge in [0.15, 0.2) is 9.84 Å². The Morgan fingerprint density at radius 1 is 1.27 bits per heavy atom. The molecule has 0 aromatic heterocycles. The molecule has 15 heavy (non-hydrogen) atoms. The lowest BCUT2D eigenvalue weighted by molar-refractivity contribution is 0.588. The smallest absolute Gasteiger partial charge is 0.172 e. The first-order chi connectivity index (χ1) is 6.99. The van der Waals surface area contributed by atoms with E-state index >= 15 is 0 Å². The molecule has 0 saturated heterocycles. The van der Waals surface area contributed by atoms with Crippen molar-refractivity contribution in [1.29, 1.82) is 0 Å². The average Bonchev–Trinajstić information content (AvgIpc) is 2.16. The minimum atomic E-state index is -3.17. The van der Waals surface area contributed by atoms with Gasteiger partial charge in [0, 0.05) is 6.04 Å². The molecule has 1 radical (unpaired) electrons. The van der Waals surface area contributed by atoms with E-state index in [4.69, 9.17) is 0 Å². The predicted molar refractivity (Wildman–Crippen MR) is 61.6 cm³/mol. The van der Waals surface area contributed by atoms with E-state index in [1.807, 2.05) is 32.0 Å². The van der Waals surface area contributed by atoms with Gasteiger partial charge in [0.1, 0.15) is 5.88 Å². The van der Waals surface area contributed by atoms with Gasteiger partial charge in [0.25, 0.3) is 0 Å². The number of sulfone groups is 1. The van der Waals surface area contributed by atoms with Crippen molar-refractivity contribution in [1.82, 2.24) is 5.32 Å². The zero-order valence-corrected chi connectivity index (χ0v) is 9.79. The van der Waals surface area contributed by atoms with Crippen molar-refractivity contribution in [3.8, 4) is 0 Å². The second-order valence-electron chi connectivity index (χ2n) is 3.73. The Bertz CT molecular complexity index is 384. The number of hydrogen-bond acceptors (Lipinski definition) is 3. The number of benzene rings is 1. The Kier molecular flexibility index (Phi) is 4.29. The first-order valence-electron chi connectivity index (χ1n) is 4.85. The highest BCUT2D eigenvalue weighted by molar-refractivity contribution is 7.92. The summed E-state index contributed by atoms with van der Waals surface area (Å²) in [5, 5.41) is 2.79. The van der Waals surface area contributed by atoms with Crippen molar-refractivity contribution in [2.45, 2.75) is 25.6 Å². The molecule has 0 aliphatic rings. The summed E-state index contributed by atoms with van der Waals surface area (Å²) in [6, 6.07) is 9.28. The van der Waals surface area contributed by atoms with Gasteiger partial charge in [0.2, 0.25) is 0 Å². The van der Waals surface area contributed by atoms with Crippen LogP contribution in [0.3, 0.4) is 0 Å². The average molecular weight is 226 g/mol. The molecule has 0 aliphatic carbocycles. The first kappa shape index (κ1) is 12.2.